The Labute approximate surface area is 107 Å². The van der Waals surface area contributed by atoms with Crippen LogP contribution >= 0.6 is 0 Å². The van der Waals surface area contributed by atoms with Crippen molar-refractivity contribution < 1.29 is 24.4 Å². The molecule has 0 fully saturated rings. The highest BCUT2D eigenvalue weighted by Gasteiger charge is 2.28. The second kappa shape index (κ2) is 5.94. The highest BCUT2D eigenvalue weighted by Crippen LogP contribution is 2.17. The summed E-state index contributed by atoms with van der Waals surface area (Å²) in [4.78, 5) is 32.2. The van der Waals surface area contributed by atoms with Gasteiger partial charge in [-0.3, -0.25) is 4.79 Å². The van der Waals surface area contributed by atoms with Crippen LogP contribution in [0.25, 0.3) is 0 Å². The fourth-order valence-electron chi connectivity index (χ4n) is 1.35. The summed E-state index contributed by atoms with van der Waals surface area (Å²) in [5.41, 5.74) is -0.288. The fraction of sp³-hybridized carbons (Fsp3) is 0.500. The molecule has 1 aromatic rings. The molecule has 0 aliphatic rings. The maximum absolute atomic E-state index is 11.5. The number of hydrogen-bond acceptors (Lipinski definition) is 6. The average Bonchev–Trinajstić information content (AvgIpc) is 2.73. The summed E-state index contributed by atoms with van der Waals surface area (Å²) >= 11 is 0. The predicted octanol–water partition coefficient (Wildman–Crippen LogP) is 0.689. The van der Waals surface area contributed by atoms with Gasteiger partial charge in [0.15, 0.2) is 5.56 Å². The van der Waals surface area contributed by atoms with Gasteiger partial charge in [0.05, 0.1) is 30.4 Å². The maximum Gasteiger partial charge on any atom is 0.404 e. The normalized spacial score (nSPS) is 11.9. The zero-order valence-corrected chi connectivity index (χ0v) is 10.4. The van der Waals surface area contributed by atoms with Gasteiger partial charge in [-0.05, 0) is 11.8 Å². The molecule has 1 rings (SSSR count). The van der Waals surface area contributed by atoms with Crippen LogP contribution in [0.5, 0.6) is 0 Å². The number of aromatic nitrogens is 2. The Hall–Kier alpha value is -2.45. The maximum atomic E-state index is 11.5. The van der Waals surface area contributed by atoms with E-state index in [0.29, 0.717) is 0 Å². The average molecular weight is 271 g/mol. The van der Waals surface area contributed by atoms with Crippen molar-refractivity contribution in [3.05, 3.63) is 21.9 Å². The third kappa shape index (κ3) is 3.50. The van der Waals surface area contributed by atoms with Crippen molar-refractivity contribution in [3.8, 4) is 0 Å². The van der Waals surface area contributed by atoms with Crippen molar-refractivity contribution in [2.45, 2.75) is 20.4 Å². The zero-order valence-electron chi connectivity index (χ0n) is 10.4. The van der Waals surface area contributed by atoms with E-state index in [0.717, 1.165) is 10.9 Å². The summed E-state index contributed by atoms with van der Waals surface area (Å²) in [5, 5.41) is 23.1. The van der Waals surface area contributed by atoms with E-state index in [9.17, 15) is 19.7 Å². The van der Waals surface area contributed by atoms with E-state index in [1.165, 1.54) is 6.92 Å². The molecule has 1 N–H and O–H groups in total. The molecule has 0 aromatic carbocycles. The van der Waals surface area contributed by atoms with Crippen LogP contribution in [0.1, 0.15) is 24.2 Å². The minimum Gasteiger partial charge on any atom is -0.481 e. The van der Waals surface area contributed by atoms with E-state index in [1.807, 2.05) is 0 Å². The third-order valence-electron chi connectivity index (χ3n) is 2.29. The number of esters is 1. The first-order valence-electron chi connectivity index (χ1n) is 5.48. The fourth-order valence-corrected chi connectivity index (χ4v) is 1.35. The van der Waals surface area contributed by atoms with E-state index < -0.39 is 28.6 Å². The number of carbonyl (C=O) groups excluding carboxylic acids is 1. The highest BCUT2D eigenvalue weighted by atomic mass is 16.6. The second-order valence-electron chi connectivity index (χ2n) is 3.81. The number of nitro groups is 1. The van der Waals surface area contributed by atoms with Gasteiger partial charge in [0.2, 0.25) is 0 Å². The van der Waals surface area contributed by atoms with Crippen molar-refractivity contribution in [1.29, 1.82) is 0 Å². The molecule has 0 spiro atoms. The van der Waals surface area contributed by atoms with E-state index in [1.54, 1.807) is 6.92 Å². The minimum absolute atomic E-state index is 0.0738. The first-order valence-corrected chi connectivity index (χ1v) is 5.48. The largest absolute Gasteiger partial charge is 0.481 e. The summed E-state index contributed by atoms with van der Waals surface area (Å²) in [6, 6.07) is 0. The molecule has 0 amide bonds. The van der Waals surface area contributed by atoms with Crippen molar-refractivity contribution >= 4 is 17.8 Å². The van der Waals surface area contributed by atoms with Gasteiger partial charge in [-0.2, -0.15) is 4.68 Å². The van der Waals surface area contributed by atoms with Gasteiger partial charge in [0, 0.05) is 0 Å². The second-order valence-corrected chi connectivity index (χ2v) is 3.81. The molecule has 9 heteroatoms. The monoisotopic (exact) mass is 271 g/mol. The molecule has 9 nitrogen and oxygen atoms in total. The molecule has 1 unspecified atom stereocenters. The smallest absolute Gasteiger partial charge is 0.404 e. The number of hydrogen-bond donors (Lipinski definition) is 1. The molecular formula is C10H13N3O6. The molecule has 0 saturated carbocycles. The van der Waals surface area contributed by atoms with E-state index >= 15 is 0 Å². The van der Waals surface area contributed by atoms with Crippen LogP contribution in [-0.4, -0.2) is 38.4 Å². The number of aliphatic carboxylic acids is 1. The lowest BCUT2D eigenvalue weighted by molar-refractivity contribution is -0.390. The van der Waals surface area contributed by atoms with E-state index in [4.69, 9.17) is 5.11 Å². The summed E-state index contributed by atoms with van der Waals surface area (Å²) in [6.45, 7) is 3.00. The first kappa shape index (κ1) is 14.6. The molecular weight excluding hydrogens is 258 g/mol. The number of carboxylic acids is 1. The van der Waals surface area contributed by atoms with Crippen LogP contribution in [-0.2, 0) is 16.1 Å². The number of carboxylic acid groups (broad SMARTS) is 1. The van der Waals surface area contributed by atoms with Gasteiger partial charge in [0.1, 0.15) is 0 Å². The Morgan fingerprint density at radius 2 is 2.26 bits per heavy atom. The standard InChI is InChI=1S/C10H13N3O6/c1-3-19-10(16)7-5-12(4-6(2)9(14)15)11-8(7)13(17)18/h5-6H,3-4H2,1-2H3,(H,14,15). The predicted molar refractivity (Wildman–Crippen MR) is 61.6 cm³/mol. The Bertz CT molecular complexity index is 509. The topological polar surface area (TPSA) is 125 Å². The molecule has 0 bridgehead atoms. The van der Waals surface area contributed by atoms with Gasteiger partial charge in [0.25, 0.3) is 0 Å². The van der Waals surface area contributed by atoms with Crippen LogP contribution in [0.2, 0.25) is 0 Å². The number of rotatable bonds is 6. The summed E-state index contributed by atoms with van der Waals surface area (Å²) in [6.07, 6.45) is 1.12. The first-order chi connectivity index (χ1) is 8.86. The molecule has 1 atom stereocenters. The van der Waals surface area contributed by atoms with E-state index in [-0.39, 0.29) is 18.7 Å². The highest BCUT2D eigenvalue weighted by molar-refractivity contribution is 5.92. The lowest BCUT2D eigenvalue weighted by Gasteiger charge is -2.01. The Balaban J connectivity index is 3.04. The zero-order chi connectivity index (χ0) is 14.6. The van der Waals surface area contributed by atoms with Crippen LogP contribution < -0.4 is 0 Å². The molecule has 1 heterocycles. The molecule has 0 radical (unpaired) electrons. The molecule has 104 valence electrons. The van der Waals surface area contributed by atoms with Crippen molar-refractivity contribution in [1.82, 2.24) is 9.78 Å². The van der Waals surface area contributed by atoms with Crippen molar-refractivity contribution in [2.24, 2.45) is 5.92 Å². The Morgan fingerprint density at radius 1 is 1.63 bits per heavy atom. The van der Waals surface area contributed by atoms with Crippen LogP contribution in [0.3, 0.4) is 0 Å². The van der Waals surface area contributed by atoms with Gasteiger partial charge >= 0.3 is 17.8 Å². The Kier molecular flexibility index (Phi) is 4.56. The summed E-state index contributed by atoms with van der Waals surface area (Å²) < 4.78 is 5.73. The lowest BCUT2D eigenvalue weighted by atomic mass is 10.2. The summed E-state index contributed by atoms with van der Waals surface area (Å²) in [7, 11) is 0. The van der Waals surface area contributed by atoms with Crippen molar-refractivity contribution in [3.63, 3.8) is 0 Å². The van der Waals surface area contributed by atoms with E-state index in [2.05, 4.69) is 9.84 Å². The van der Waals surface area contributed by atoms with Gasteiger partial charge in [-0.25, -0.2) is 4.79 Å². The minimum atomic E-state index is -1.06. The summed E-state index contributed by atoms with van der Waals surface area (Å²) in [5.74, 6) is -3.34. The van der Waals surface area contributed by atoms with Gasteiger partial charge in [-0.15, -0.1) is 0 Å². The lowest BCUT2D eigenvalue weighted by Crippen LogP contribution is -2.17. The van der Waals surface area contributed by atoms with Crippen LogP contribution in [0.4, 0.5) is 5.82 Å². The number of carbonyl (C=O) groups is 2. The number of ether oxygens (including phenoxy) is 1. The molecule has 0 aliphatic heterocycles. The van der Waals surface area contributed by atoms with Gasteiger partial charge in [-0.1, -0.05) is 6.92 Å². The SMILES string of the molecule is CCOC(=O)c1cn(CC(C)C(=O)O)nc1[N+](=O)[O-]. The molecule has 0 aliphatic carbocycles. The third-order valence-corrected chi connectivity index (χ3v) is 2.29. The quantitative estimate of drug-likeness (QED) is 0.458. The van der Waals surface area contributed by atoms with Crippen molar-refractivity contribution in [2.75, 3.05) is 6.61 Å². The molecule has 1 aromatic heterocycles. The Morgan fingerprint density at radius 3 is 2.74 bits per heavy atom. The molecule has 19 heavy (non-hydrogen) atoms. The molecule has 0 saturated heterocycles. The number of nitrogens with zero attached hydrogens (tertiary/aromatic N) is 3. The van der Waals surface area contributed by atoms with Crippen LogP contribution in [0, 0.1) is 16.0 Å². The van der Waals surface area contributed by atoms with Gasteiger partial charge < -0.3 is 20.0 Å². The van der Waals surface area contributed by atoms with Crippen LogP contribution in [0.15, 0.2) is 6.20 Å².